The van der Waals surface area contributed by atoms with Gasteiger partial charge in [0.05, 0.1) is 28.1 Å². The Morgan fingerprint density at radius 3 is 1.88 bits per heavy atom. The van der Waals surface area contributed by atoms with Gasteiger partial charge in [0, 0.05) is 44.7 Å². The van der Waals surface area contributed by atoms with Crippen LogP contribution in [0.1, 0.15) is 30.0 Å². The first-order valence-corrected chi connectivity index (χ1v) is 23.2. The van der Waals surface area contributed by atoms with Crippen molar-refractivity contribution in [3.63, 3.8) is 0 Å². The van der Waals surface area contributed by atoms with E-state index < -0.39 is 0 Å². The minimum absolute atomic E-state index is 0.0801. The summed E-state index contributed by atoms with van der Waals surface area (Å²) in [5, 5.41) is 16.5. The predicted molar refractivity (Wildman–Crippen MR) is 283 cm³/mol. The van der Waals surface area contributed by atoms with Gasteiger partial charge >= 0.3 is 0 Å². The van der Waals surface area contributed by atoms with E-state index in [9.17, 15) is 0 Å². The van der Waals surface area contributed by atoms with Crippen molar-refractivity contribution in [2.75, 3.05) is 0 Å². The zero-order valence-corrected chi connectivity index (χ0v) is 36.7. The lowest BCUT2D eigenvalue weighted by atomic mass is 9.91. The molecule has 0 saturated heterocycles. The second-order valence-corrected chi connectivity index (χ2v) is 18.1. The number of aromatic nitrogens is 1. The lowest BCUT2D eigenvalue weighted by Gasteiger charge is -2.20. The number of aliphatic imine (C=N–C) groups is 2. The molecule has 0 saturated carbocycles. The van der Waals surface area contributed by atoms with Gasteiger partial charge in [-0.2, -0.15) is 0 Å². The summed E-state index contributed by atoms with van der Waals surface area (Å²) in [6.45, 7) is 2.30. The third-order valence-corrected chi connectivity index (χ3v) is 14.2. The van der Waals surface area contributed by atoms with Gasteiger partial charge in [0.25, 0.3) is 0 Å². The molecular formula is C63H41N3O. The SMILES string of the molecule is CC1C/C=C(\c2cc3c(cc2-n2c4ccccc4c4cc5ccccc5cc42)oc2ccc4ccccc4c23)N=C(c2ccc3c(ccc4ccccc43)c2)N=C1c1ccc2ccccc2c1. The highest BCUT2D eigenvalue weighted by Gasteiger charge is 2.24. The Bertz CT molecular complexity index is 4330. The highest BCUT2D eigenvalue weighted by Crippen LogP contribution is 2.43. The number of amidine groups is 1. The van der Waals surface area contributed by atoms with Gasteiger partial charge in [0.1, 0.15) is 11.2 Å². The summed E-state index contributed by atoms with van der Waals surface area (Å²) < 4.78 is 9.29. The zero-order chi connectivity index (χ0) is 44.2. The molecule has 0 radical (unpaired) electrons. The Hall–Kier alpha value is -8.60. The molecule has 3 heterocycles. The number of allylic oxidation sites excluding steroid dienone is 1. The van der Waals surface area contributed by atoms with Crippen LogP contribution >= 0.6 is 0 Å². The van der Waals surface area contributed by atoms with Crippen molar-refractivity contribution in [3.05, 3.63) is 229 Å². The van der Waals surface area contributed by atoms with Gasteiger partial charge in [0.2, 0.25) is 0 Å². The fourth-order valence-corrected chi connectivity index (χ4v) is 10.8. The largest absolute Gasteiger partial charge is 0.456 e. The van der Waals surface area contributed by atoms with Crippen LogP contribution in [0.4, 0.5) is 0 Å². The van der Waals surface area contributed by atoms with Crippen molar-refractivity contribution < 1.29 is 4.42 Å². The molecule has 1 unspecified atom stereocenters. The van der Waals surface area contributed by atoms with Crippen LogP contribution in [0.2, 0.25) is 0 Å². The van der Waals surface area contributed by atoms with E-state index in [1.165, 1.54) is 59.2 Å². The molecule has 0 fully saturated rings. The molecule has 1 aliphatic rings. The van der Waals surface area contributed by atoms with E-state index in [2.05, 4.69) is 224 Å². The van der Waals surface area contributed by atoms with Crippen molar-refractivity contribution in [2.45, 2.75) is 13.3 Å². The topological polar surface area (TPSA) is 42.8 Å². The van der Waals surface area contributed by atoms with Crippen LogP contribution < -0.4 is 0 Å². The molecule has 4 heteroatoms. The van der Waals surface area contributed by atoms with Gasteiger partial charge in [0.15, 0.2) is 5.84 Å². The fourth-order valence-electron chi connectivity index (χ4n) is 10.8. The van der Waals surface area contributed by atoms with E-state index in [1.807, 2.05) is 0 Å². The molecular weight excluding hydrogens is 815 g/mol. The lowest BCUT2D eigenvalue weighted by molar-refractivity contribution is 0.669. The summed E-state index contributed by atoms with van der Waals surface area (Å²) in [4.78, 5) is 11.5. The number of fused-ring (bicyclic) bond motifs is 13. The number of para-hydroxylation sites is 1. The fraction of sp³-hybridized carbons (Fsp3) is 0.0476. The lowest BCUT2D eigenvalue weighted by Crippen LogP contribution is -2.17. The third kappa shape index (κ3) is 6.00. The summed E-state index contributed by atoms with van der Waals surface area (Å²) in [6.07, 6.45) is 3.09. The van der Waals surface area contributed by atoms with Crippen molar-refractivity contribution in [1.29, 1.82) is 0 Å². The highest BCUT2D eigenvalue weighted by atomic mass is 16.3. The predicted octanol–water partition coefficient (Wildman–Crippen LogP) is 16.8. The van der Waals surface area contributed by atoms with Gasteiger partial charge in [-0.3, -0.25) is 0 Å². The van der Waals surface area contributed by atoms with Crippen LogP contribution in [-0.4, -0.2) is 16.1 Å². The van der Waals surface area contributed by atoms with Gasteiger partial charge in [-0.15, -0.1) is 0 Å². The normalized spacial score (nSPS) is 15.5. The molecule has 1 aliphatic heterocycles. The number of hydrogen-bond acceptors (Lipinski definition) is 3. The molecule has 4 nitrogen and oxygen atoms in total. The van der Waals surface area contributed by atoms with Crippen molar-refractivity contribution in [1.82, 2.24) is 4.57 Å². The van der Waals surface area contributed by atoms with E-state index in [4.69, 9.17) is 14.4 Å². The quantitative estimate of drug-likeness (QED) is 0.163. The smallest absolute Gasteiger partial charge is 0.160 e. The molecule has 0 N–H and O–H groups in total. The van der Waals surface area contributed by atoms with E-state index in [0.29, 0.717) is 5.84 Å². The minimum atomic E-state index is 0.0801. The summed E-state index contributed by atoms with van der Waals surface area (Å²) in [5.41, 5.74) is 9.94. The molecule has 11 aromatic carbocycles. The molecule has 0 amide bonds. The first kappa shape index (κ1) is 37.7. The van der Waals surface area contributed by atoms with Crippen LogP contribution in [0.25, 0.3) is 109 Å². The van der Waals surface area contributed by atoms with Crippen molar-refractivity contribution in [2.24, 2.45) is 15.9 Å². The average Bonchev–Trinajstić information content (AvgIpc) is 3.91. The number of furan rings is 1. The highest BCUT2D eigenvalue weighted by molar-refractivity contribution is 6.21. The van der Waals surface area contributed by atoms with Gasteiger partial charge in [-0.1, -0.05) is 171 Å². The Morgan fingerprint density at radius 2 is 1.04 bits per heavy atom. The monoisotopic (exact) mass is 855 g/mol. The molecule has 67 heavy (non-hydrogen) atoms. The third-order valence-electron chi connectivity index (χ3n) is 14.2. The van der Waals surface area contributed by atoms with Crippen molar-refractivity contribution >= 4 is 115 Å². The standard InChI is InChI=1S/C63H41N3O/c1-38-22-30-55(64-63(65-62(38)46-26-23-39-12-2-3-15-42(39)32-46)47-27-29-49-45(33-47)25-24-40-13-6-8-18-48(40)49)53-36-54-60(67-59-31-28-41-14-7-9-19-50(41)61(54)59)37-58(53)66-56-21-11-10-20-51(56)52-34-43-16-4-5-17-44(43)35-57(52)66/h2-21,23-38H,22H2,1H3/b55-30+,64-63?,65-62?. The van der Waals surface area contributed by atoms with E-state index in [-0.39, 0.29) is 5.92 Å². The zero-order valence-electron chi connectivity index (χ0n) is 36.7. The van der Waals surface area contributed by atoms with E-state index >= 15 is 0 Å². The second-order valence-electron chi connectivity index (χ2n) is 18.1. The Labute approximate surface area is 386 Å². The van der Waals surface area contributed by atoms with Gasteiger partial charge < -0.3 is 8.98 Å². The van der Waals surface area contributed by atoms with Crippen LogP contribution in [0.5, 0.6) is 0 Å². The summed E-state index contributed by atoms with van der Waals surface area (Å²) in [5.74, 6) is 0.759. The van der Waals surface area contributed by atoms with Crippen LogP contribution in [-0.2, 0) is 0 Å². The number of benzene rings is 11. The van der Waals surface area contributed by atoms with Gasteiger partial charge in [-0.25, -0.2) is 9.98 Å². The van der Waals surface area contributed by atoms with Crippen LogP contribution in [0, 0.1) is 5.92 Å². The van der Waals surface area contributed by atoms with Crippen LogP contribution in [0.3, 0.4) is 0 Å². The second kappa shape index (κ2) is 14.7. The molecule has 13 aromatic rings. The Morgan fingerprint density at radius 1 is 0.433 bits per heavy atom. The molecule has 2 aromatic heterocycles. The van der Waals surface area contributed by atoms with Crippen LogP contribution in [0.15, 0.2) is 227 Å². The molecule has 0 spiro atoms. The maximum atomic E-state index is 6.86. The molecule has 14 rings (SSSR count). The van der Waals surface area contributed by atoms with Crippen molar-refractivity contribution in [3.8, 4) is 5.69 Å². The minimum Gasteiger partial charge on any atom is -0.456 e. The Kier molecular flexibility index (Phi) is 8.29. The molecule has 0 aliphatic carbocycles. The maximum Gasteiger partial charge on any atom is 0.160 e. The average molecular weight is 856 g/mol. The van der Waals surface area contributed by atoms with E-state index in [0.717, 1.165) is 78.6 Å². The van der Waals surface area contributed by atoms with Gasteiger partial charge in [-0.05, 0) is 108 Å². The number of rotatable bonds is 4. The first-order chi connectivity index (χ1) is 33.1. The number of nitrogens with zero attached hydrogens (tertiary/aromatic N) is 3. The summed E-state index contributed by atoms with van der Waals surface area (Å²) in [6, 6.07) is 74.6. The van der Waals surface area contributed by atoms with E-state index in [1.54, 1.807) is 0 Å². The molecule has 0 bridgehead atoms. The summed E-state index contributed by atoms with van der Waals surface area (Å²) in [7, 11) is 0. The molecule has 1 atom stereocenters. The first-order valence-electron chi connectivity index (χ1n) is 23.2. The number of hydrogen-bond donors (Lipinski definition) is 0. The Balaban J connectivity index is 1.07. The summed E-state index contributed by atoms with van der Waals surface area (Å²) >= 11 is 0. The maximum absolute atomic E-state index is 6.86. The molecule has 314 valence electrons.